The minimum atomic E-state index is -0.404. The molecule has 20 heavy (non-hydrogen) atoms. The van der Waals surface area contributed by atoms with Gasteiger partial charge in [-0.05, 0) is 24.3 Å². The van der Waals surface area contributed by atoms with Crippen LogP contribution in [0.25, 0.3) is 10.9 Å². The Morgan fingerprint density at radius 2 is 1.90 bits per heavy atom. The van der Waals surface area contributed by atoms with Crippen LogP contribution in [0.15, 0.2) is 48.5 Å². The fraction of sp³-hybridized carbons (Fsp3) is 0.0667. The first kappa shape index (κ1) is 12.3. The minimum Gasteiger partial charge on any atom is -0.304 e. The van der Waals surface area contributed by atoms with E-state index in [0.29, 0.717) is 16.5 Å². The molecule has 0 aliphatic carbocycles. The SMILES string of the molecule is Cn1nc(NC(=O)c2ccccc2)c2c(F)cccc21. The summed E-state index contributed by atoms with van der Waals surface area (Å²) in [6.07, 6.45) is 0. The van der Waals surface area contributed by atoms with Gasteiger partial charge in [-0.25, -0.2) is 4.39 Å². The smallest absolute Gasteiger partial charge is 0.256 e. The second kappa shape index (κ2) is 4.77. The van der Waals surface area contributed by atoms with E-state index >= 15 is 0 Å². The number of anilines is 1. The molecule has 1 amide bonds. The van der Waals surface area contributed by atoms with Crippen LogP contribution in [0, 0.1) is 5.82 Å². The predicted molar refractivity (Wildman–Crippen MR) is 75.1 cm³/mol. The van der Waals surface area contributed by atoms with Gasteiger partial charge in [-0.3, -0.25) is 9.48 Å². The number of nitrogens with zero attached hydrogens (tertiary/aromatic N) is 2. The summed E-state index contributed by atoms with van der Waals surface area (Å²) < 4.78 is 15.4. The van der Waals surface area contributed by atoms with Gasteiger partial charge in [0.05, 0.1) is 10.9 Å². The van der Waals surface area contributed by atoms with Crippen molar-refractivity contribution in [3.05, 3.63) is 59.9 Å². The Labute approximate surface area is 114 Å². The standard InChI is InChI=1S/C15H12FN3O/c1-19-12-9-5-8-11(16)13(12)14(18-19)17-15(20)10-6-3-2-4-7-10/h2-9H,1H3,(H,17,18,20). The molecule has 1 N–H and O–H groups in total. The van der Waals surface area contributed by atoms with Gasteiger partial charge in [0.25, 0.3) is 5.91 Å². The second-order valence-electron chi connectivity index (χ2n) is 4.43. The zero-order valence-electron chi connectivity index (χ0n) is 10.8. The normalized spacial score (nSPS) is 10.7. The van der Waals surface area contributed by atoms with Crippen molar-refractivity contribution in [2.75, 3.05) is 5.32 Å². The molecule has 2 aromatic carbocycles. The van der Waals surface area contributed by atoms with Crippen molar-refractivity contribution in [2.24, 2.45) is 7.05 Å². The van der Waals surface area contributed by atoms with Crippen LogP contribution in [0.3, 0.4) is 0 Å². The fourth-order valence-electron chi connectivity index (χ4n) is 2.13. The quantitative estimate of drug-likeness (QED) is 0.777. The summed E-state index contributed by atoms with van der Waals surface area (Å²) in [5.74, 6) is -0.484. The Balaban J connectivity index is 2.02. The Hall–Kier alpha value is -2.69. The van der Waals surface area contributed by atoms with Gasteiger partial charge < -0.3 is 5.32 Å². The number of aromatic nitrogens is 2. The van der Waals surface area contributed by atoms with E-state index in [2.05, 4.69) is 10.4 Å². The van der Waals surface area contributed by atoms with Crippen LogP contribution in [0.1, 0.15) is 10.4 Å². The van der Waals surface area contributed by atoms with Crippen molar-refractivity contribution in [1.82, 2.24) is 9.78 Å². The fourth-order valence-corrected chi connectivity index (χ4v) is 2.13. The maximum Gasteiger partial charge on any atom is 0.256 e. The topological polar surface area (TPSA) is 46.9 Å². The largest absolute Gasteiger partial charge is 0.304 e. The Morgan fingerprint density at radius 3 is 2.65 bits per heavy atom. The minimum absolute atomic E-state index is 0.231. The van der Waals surface area contributed by atoms with Crippen LogP contribution in [-0.2, 0) is 7.05 Å². The number of carbonyl (C=O) groups is 1. The number of carbonyl (C=O) groups excluding carboxylic acids is 1. The lowest BCUT2D eigenvalue weighted by Gasteiger charge is -2.02. The molecule has 0 unspecified atom stereocenters. The number of benzene rings is 2. The molecule has 5 heteroatoms. The first-order valence-corrected chi connectivity index (χ1v) is 6.14. The van der Waals surface area contributed by atoms with Gasteiger partial charge in [-0.15, -0.1) is 0 Å². The van der Waals surface area contributed by atoms with Crippen molar-refractivity contribution in [1.29, 1.82) is 0 Å². The third-order valence-corrected chi connectivity index (χ3v) is 3.09. The number of hydrogen-bond donors (Lipinski definition) is 1. The van der Waals surface area contributed by atoms with Crippen LogP contribution < -0.4 is 5.32 Å². The number of aryl methyl sites for hydroxylation is 1. The Bertz CT molecular complexity index is 780. The van der Waals surface area contributed by atoms with E-state index in [0.717, 1.165) is 0 Å². The average Bonchev–Trinajstić information content (AvgIpc) is 2.78. The third-order valence-electron chi connectivity index (χ3n) is 3.09. The van der Waals surface area contributed by atoms with E-state index in [1.807, 2.05) is 6.07 Å². The molecule has 0 saturated heterocycles. The molecule has 0 aliphatic rings. The predicted octanol–water partition coefficient (Wildman–Crippen LogP) is 2.96. The number of amides is 1. The molecule has 0 radical (unpaired) electrons. The molecule has 1 heterocycles. The van der Waals surface area contributed by atoms with Gasteiger partial charge in [-0.2, -0.15) is 5.10 Å². The van der Waals surface area contributed by atoms with Crippen molar-refractivity contribution in [3.63, 3.8) is 0 Å². The summed E-state index contributed by atoms with van der Waals surface area (Å²) in [5.41, 5.74) is 1.14. The summed E-state index contributed by atoms with van der Waals surface area (Å²) in [6, 6.07) is 13.5. The zero-order chi connectivity index (χ0) is 14.1. The van der Waals surface area contributed by atoms with Gasteiger partial charge in [0, 0.05) is 12.6 Å². The monoisotopic (exact) mass is 269 g/mol. The maximum atomic E-state index is 13.9. The number of rotatable bonds is 2. The van der Waals surface area contributed by atoms with Crippen LogP contribution >= 0.6 is 0 Å². The van der Waals surface area contributed by atoms with Gasteiger partial charge in [0.15, 0.2) is 5.82 Å². The first-order chi connectivity index (χ1) is 9.66. The molecule has 3 aromatic rings. The molecule has 0 spiro atoms. The van der Waals surface area contributed by atoms with Crippen LogP contribution in [0.5, 0.6) is 0 Å². The molecule has 0 atom stereocenters. The van der Waals surface area contributed by atoms with Crippen molar-refractivity contribution < 1.29 is 9.18 Å². The van der Waals surface area contributed by atoms with Crippen LogP contribution in [0.2, 0.25) is 0 Å². The van der Waals surface area contributed by atoms with Gasteiger partial charge >= 0.3 is 0 Å². The molecular formula is C15H12FN3O. The molecule has 3 rings (SSSR count). The van der Waals surface area contributed by atoms with E-state index in [9.17, 15) is 9.18 Å². The second-order valence-corrected chi connectivity index (χ2v) is 4.43. The summed E-state index contributed by atoms with van der Waals surface area (Å²) in [6.45, 7) is 0. The van der Waals surface area contributed by atoms with E-state index < -0.39 is 5.82 Å². The number of fused-ring (bicyclic) bond motifs is 1. The lowest BCUT2D eigenvalue weighted by Crippen LogP contribution is -2.12. The molecule has 0 bridgehead atoms. The van der Waals surface area contributed by atoms with Crippen molar-refractivity contribution >= 4 is 22.6 Å². The molecule has 4 nitrogen and oxygen atoms in total. The molecule has 1 aromatic heterocycles. The van der Waals surface area contributed by atoms with Crippen LogP contribution in [-0.4, -0.2) is 15.7 Å². The highest BCUT2D eigenvalue weighted by atomic mass is 19.1. The van der Waals surface area contributed by atoms with E-state index in [1.54, 1.807) is 48.1 Å². The molecule has 0 fully saturated rings. The molecular weight excluding hydrogens is 257 g/mol. The van der Waals surface area contributed by atoms with Gasteiger partial charge in [0.2, 0.25) is 0 Å². The van der Waals surface area contributed by atoms with E-state index in [4.69, 9.17) is 0 Å². The molecule has 0 saturated carbocycles. The van der Waals surface area contributed by atoms with E-state index in [1.165, 1.54) is 6.07 Å². The Kier molecular flexibility index (Phi) is 2.95. The third kappa shape index (κ3) is 2.03. The van der Waals surface area contributed by atoms with Gasteiger partial charge in [-0.1, -0.05) is 24.3 Å². The van der Waals surface area contributed by atoms with Crippen molar-refractivity contribution in [3.8, 4) is 0 Å². The first-order valence-electron chi connectivity index (χ1n) is 6.14. The zero-order valence-corrected chi connectivity index (χ0v) is 10.8. The summed E-state index contributed by atoms with van der Waals surface area (Å²) in [5, 5.41) is 7.13. The van der Waals surface area contributed by atoms with Crippen molar-refractivity contribution in [2.45, 2.75) is 0 Å². The highest BCUT2D eigenvalue weighted by Gasteiger charge is 2.15. The number of hydrogen-bond acceptors (Lipinski definition) is 2. The number of nitrogens with one attached hydrogen (secondary N) is 1. The van der Waals surface area contributed by atoms with Gasteiger partial charge in [0.1, 0.15) is 5.82 Å². The lowest BCUT2D eigenvalue weighted by molar-refractivity contribution is 0.102. The summed E-state index contributed by atoms with van der Waals surface area (Å²) in [4.78, 5) is 12.1. The maximum absolute atomic E-state index is 13.9. The molecule has 0 aliphatic heterocycles. The average molecular weight is 269 g/mol. The molecule has 100 valence electrons. The Morgan fingerprint density at radius 1 is 1.15 bits per heavy atom. The summed E-state index contributed by atoms with van der Waals surface area (Å²) in [7, 11) is 1.71. The van der Waals surface area contributed by atoms with E-state index in [-0.39, 0.29) is 11.7 Å². The highest BCUT2D eigenvalue weighted by Crippen LogP contribution is 2.25. The number of halogens is 1. The summed E-state index contributed by atoms with van der Waals surface area (Å²) >= 11 is 0. The van der Waals surface area contributed by atoms with Crippen LogP contribution in [0.4, 0.5) is 10.2 Å². The lowest BCUT2D eigenvalue weighted by atomic mass is 10.2. The highest BCUT2D eigenvalue weighted by molar-refractivity contribution is 6.08.